The van der Waals surface area contributed by atoms with Crippen molar-refractivity contribution in [1.82, 2.24) is 9.88 Å². The van der Waals surface area contributed by atoms with Crippen molar-refractivity contribution in [1.29, 1.82) is 0 Å². The number of carbonyl (C=O) groups is 2. The molecule has 2 amide bonds. The predicted molar refractivity (Wildman–Crippen MR) is 107 cm³/mol. The first-order valence-corrected chi connectivity index (χ1v) is 9.45. The van der Waals surface area contributed by atoms with Crippen LogP contribution in [0, 0.1) is 0 Å². The van der Waals surface area contributed by atoms with Gasteiger partial charge in [0, 0.05) is 12.4 Å². The summed E-state index contributed by atoms with van der Waals surface area (Å²) in [4.78, 5) is 30.7. The fraction of sp³-hybridized carbons (Fsp3) is 0.174. The molecule has 2 heterocycles. The van der Waals surface area contributed by atoms with Gasteiger partial charge in [-0.3, -0.25) is 19.5 Å². The van der Waals surface area contributed by atoms with Gasteiger partial charge in [0.05, 0.1) is 24.3 Å². The van der Waals surface area contributed by atoms with Crippen LogP contribution in [0.25, 0.3) is 0 Å². The van der Waals surface area contributed by atoms with Crippen molar-refractivity contribution >= 4 is 11.8 Å². The number of amides is 2. The number of imide groups is 1. The lowest BCUT2D eigenvalue weighted by Crippen LogP contribution is -2.29. The van der Waals surface area contributed by atoms with Crippen LogP contribution in [0.1, 0.15) is 39.6 Å². The van der Waals surface area contributed by atoms with E-state index in [1.54, 1.807) is 48.8 Å². The van der Waals surface area contributed by atoms with Gasteiger partial charge in [-0.25, -0.2) is 0 Å². The van der Waals surface area contributed by atoms with Crippen LogP contribution in [0.2, 0.25) is 0 Å². The number of pyridine rings is 1. The van der Waals surface area contributed by atoms with E-state index in [1.807, 2.05) is 18.2 Å². The quantitative estimate of drug-likeness (QED) is 0.559. The standard InChI is InChI=1S/C23H20N2O4/c1-2-12-28-17-5-7-18(8-6-17)29-19-9-10-20-21(13-19)23(27)25(22(20)26)15-16-4-3-11-24-14-16/h3-11,13-14H,2,12,15H2,1H3. The number of ether oxygens (including phenoxy) is 2. The maximum absolute atomic E-state index is 12.8. The molecular weight excluding hydrogens is 368 g/mol. The SMILES string of the molecule is CCCOc1ccc(Oc2ccc3c(c2)C(=O)N(Cc2cccnc2)C3=O)cc1. The van der Waals surface area contributed by atoms with E-state index >= 15 is 0 Å². The number of carbonyl (C=O) groups excluding carboxylic acids is 2. The Morgan fingerprint density at radius 2 is 1.62 bits per heavy atom. The fourth-order valence-electron chi connectivity index (χ4n) is 3.11. The average molecular weight is 388 g/mol. The third-order valence-corrected chi connectivity index (χ3v) is 4.54. The van der Waals surface area contributed by atoms with Gasteiger partial charge in [-0.2, -0.15) is 0 Å². The van der Waals surface area contributed by atoms with Gasteiger partial charge < -0.3 is 9.47 Å². The Balaban J connectivity index is 1.50. The van der Waals surface area contributed by atoms with Gasteiger partial charge >= 0.3 is 0 Å². The Hall–Kier alpha value is -3.67. The maximum Gasteiger partial charge on any atom is 0.262 e. The second-order valence-corrected chi connectivity index (χ2v) is 6.69. The molecule has 0 bridgehead atoms. The molecule has 6 heteroatoms. The molecule has 1 aliphatic rings. The minimum Gasteiger partial charge on any atom is -0.494 e. The van der Waals surface area contributed by atoms with Gasteiger partial charge in [0.15, 0.2) is 0 Å². The van der Waals surface area contributed by atoms with E-state index in [-0.39, 0.29) is 18.4 Å². The summed E-state index contributed by atoms with van der Waals surface area (Å²) in [5, 5.41) is 0. The molecule has 0 saturated carbocycles. The summed E-state index contributed by atoms with van der Waals surface area (Å²) in [5.74, 6) is 1.26. The highest BCUT2D eigenvalue weighted by molar-refractivity contribution is 6.21. The Morgan fingerprint density at radius 3 is 2.34 bits per heavy atom. The first-order chi connectivity index (χ1) is 14.2. The number of rotatable bonds is 7. The van der Waals surface area contributed by atoms with E-state index in [1.165, 1.54) is 4.90 Å². The molecule has 0 N–H and O–H groups in total. The van der Waals surface area contributed by atoms with Gasteiger partial charge in [0.2, 0.25) is 0 Å². The lowest BCUT2D eigenvalue weighted by molar-refractivity contribution is 0.0642. The zero-order chi connectivity index (χ0) is 20.2. The van der Waals surface area contributed by atoms with Crippen LogP contribution >= 0.6 is 0 Å². The van der Waals surface area contributed by atoms with Crippen LogP contribution in [-0.4, -0.2) is 28.3 Å². The topological polar surface area (TPSA) is 68.7 Å². The minimum absolute atomic E-state index is 0.190. The van der Waals surface area contributed by atoms with Crippen molar-refractivity contribution in [2.45, 2.75) is 19.9 Å². The number of aromatic nitrogens is 1. The van der Waals surface area contributed by atoms with E-state index in [2.05, 4.69) is 11.9 Å². The molecule has 1 aromatic heterocycles. The zero-order valence-electron chi connectivity index (χ0n) is 16.0. The Bertz CT molecular complexity index is 1030. The number of nitrogens with zero attached hydrogens (tertiary/aromatic N) is 2. The van der Waals surface area contributed by atoms with Gasteiger partial charge in [0.1, 0.15) is 17.2 Å². The molecule has 1 aliphatic heterocycles. The van der Waals surface area contributed by atoms with E-state index in [0.29, 0.717) is 29.2 Å². The third kappa shape index (κ3) is 3.96. The highest BCUT2D eigenvalue weighted by Gasteiger charge is 2.35. The molecule has 0 spiro atoms. The summed E-state index contributed by atoms with van der Waals surface area (Å²) in [6, 6.07) is 15.8. The molecule has 0 unspecified atom stereocenters. The highest BCUT2D eigenvalue weighted by atomic mass is 16.5. The van der Waals surface area contributed by atoms with Crippen LogP contribution in [0.15, 0.2) is 67.0 Å². The predicted octanol–water partition coefficient (Wildman–Crippen LogP) is 4.46. The Labute approximate surface area is 168 Å². The Kier molecular flexibility index (Phi) is 5.24. The van der Waals surface area contributed by atoms with Crippen molar-refractivity contribution in [3.05, 3.63) is 83.7 Å². The summed E-state index contributed by atoms with van der Waals surface area (Å²) in [6.07, 6.45) is 4.24. The van der Waals surface area contributed by atoms with Crippen molar-refractivity contribution < 1.29 is 19.1 Å². The number of benzene rings is 2. The van der Waals surface area contributed by atoms with E-state index in [9.17, 15) is 9.59 Å². The summed E-state index contributed by atoms with van der Waals surface area (Å²) in [6.45, 7) is 2.90. The normalized spacial score (nSPS) is 12.8. The van der Waals surface area contributed by atoms with E-state index in [4.69, 9.17) is 9.47 Å². The first-order valence-electron chi connectivity index (χ1n) is 9.45. The largest absolute Gasteiger partial charge is 0.494 e. The van der Waals surface area contributed by atoms with Crippen molar-refractivity contribution in [2.24, 2.45) is 0 Å². The third-order valence-electron chi connectivity index (χ3n) is 4.54. The van der Waals surface area contributed by atoms with Crippen molar-refractivity contribution in [2.75, 3.05) is 6.61 Å². The minimum atomic E-state index is -0.331. The molecule has 0 fully saturated rings. The summed E-state index contributed by atoms with van der Waals surface area (Å²) < 4.78 is 11.4. The van der Waals surface area contributed by atoms with Crippen LogP contribution in [0.3, 0.4) is 0 Å². The molecule has 146 valence electrons. The molecule has 29 heavy (non-hydrogen) atoms. The Morgan fingerprint density at radius 1 is 0.897 bits per heavy atom. The van der Waals surface area contributed by atoms with Crippen LogP contribution in [0.5, 0.6) is 17.2 Å². The van der Waals surface area contributed by atoms with E-state index in [0.717, 1.165) is 17.7 Å². The van der Waals surface area contributed by atoms with Crippen molar-refractivity contribution in [3.8, 4) is 17.2 Å². The maximum atomic E-state index is 12.8. The van der Waals surface area contributed by atoms with Gasteiger partial charge in [-0.15, -0.1) is 0 Å². The molecule has 2 aromatic carbocycles. The average Bonchev–Trinajstić information content (AvgIpc) is 2.98. The fourth-order valence-corrected chi connectivity index (χ4v) is 3.11. The van der Waals surface area contributed by atoms with Crippen molar-refractivity contribution in [3.63, 3.8) is 0 Å². The summed E-state index contributed by atoms with van der Waals surface area (Å²) in [7, 11) is 0. The molecule has 0 saturated heterocycles. The van der Waals surface area contributed by atoms with Gasteiger partial charge in [0.25, 0.3) is 11.8 Å². The van der Waals surface area contributed by atoms with Crippen LogP contribution in [-0.2, 0) is 6.54 Å². The van der Waals surface area contributed by atoms with Gasteiger partial charge in [-0.05, 0) is 60.5 Å². The molecule has 3 aromatic rings. The first kappa shape index (κ1) is 18.7. The molecule has 0 aliphatic carbocycles. The number of hydrogen-bond donors (Lipinski definition) is 0. The number of fused-ring (bicyclic) bond motifs is 1. The highest BCUT2D eigenvalue weighted by Crippen LogP contribution is 2.30. The zero-order valence-corrected chi connectivity index (χ0v) is 16.0. The molecule has 4 rings (SSSR count). The molecule has 6 nitrogen and oxygen atoms in total. The second-order valence-electron chi connectivity index (χ2n) is 6.69. The monoisotopic (exact) mass is 388 g/mol. The van der Waals surface area contributed by atoms with E-state index < -0.39 is 0 Å². The molecule has 0 radical (unpaired) electrons. The molecule has 0 atom stereocenters. The second kappa shape index (κ2) is 8.14. The summed E-state index contributed by atoms with van der Waals surface area (Å²) >= 11 is 0. The van der Waals surface area contributed by atoms with Crippen LogP contribution < -0.4 is 9.47 Å². The smallest absolute Gasteiger partial charge is 0.262 e. The molecular formula is C23H20N2O4. The summed E-state index contributed by atoms with van der Waals surface area (Å²) in [5.41, 5.74) is 1.53. The lowest BCUT2D eigenvalue weighted by atomic mass is 10.1. The van der Waals surface area contributed by atoms with Gasteiger partial charge in [-0.1, -0.05) is 13.0 Å². The lowest BCUT2D eigenvalue weighted by Gasteiger charge is -2.13. The number of hydrogen-bond acceptors (Lipinski definition) is 5. The van der Waals surface area contributed by atoms with Crippen LogP contribution in [0.4, 0.5) is 0 Å².